The molecule has 0 saturated carbocycles. The molecule has 3 heteroatoms. The maximum absolute atomic E-state index is 3.61. The van der Waals surface area contributed by atoms with Crippen LogP contribution in [0.15, 0.2) is 16.6 Å². The molecule has 0 amide bonds. The van der Waals surface area contributed by atoms with E-state index in [0.29, 0.717) is 0 Å². The molecule has 0 aromatic heterocycles. The Labute approximate surface area is 106 Å². The van der Waals surface area contributed by atoms with Gasteiger partial charge in [0.1, 0.15) is 0 Å². The number of piperazine rings is 1. The van der Waals surface area contributed by atoms with Crippen molar-refractivity contribution in [1.29, 1.82) is 0 Å². The van der Waals surface area contributed by atoms with Gasteiger partial charge in [-0.1, -0.05) is 22.9 Å². The number of hydrogen-bond acceptors (Lipinski definition) is 2. The molecule has 0 unspecified atom stereocenters. The Morgan fingerprint density at radius 1 is 1.31 bits per heavy atom. The maximum atomic E-state index is 3.61. The van der Waals surface area contributed by atoms with E-state index in [-0.39, 0.29) is 0 Å². The van der Waals surface area contributed by atoms with Crippen LogP contribution < -0.4 is 10.2 Å². The number of nitrogens with zero attached hydrogens (tertiary/aromatic N) is 1. The van der Waals surface area contributed by atoms with Gasteiger partial charge in [-0.25, -0.2) is 0 Å². The minimum Gasteiger partial charge on any atom is -0.369 e. The number of anilines is 1. The fraction of sp³-hybridized carbons (Fsp3) is 0.538. The number of hydrogen-bond donors (Lipinski definition) is 1. The van der Waals surface area contributed by atoms with Crippen molar-refractivity contribution in [2.24, 2.45) is 0 Å². The molecule has 1 fully saturated rings. The lowest BCUT2D eigenvalue weighted by Gasteiger charge is -2.31. The molecule has 16 heavy (non-hydrogen) atoms. The molecule has 1 aliphatic rings. The van der Waals surface area contributed by atoms with Crippen LogP contribution in [-0.2, 0) is 6.42 Å². The average molecular weight is 283 g/mol. The van der Waals surface area contributed by atoms with Crippen molar-refractivity contribution in [3.05, 3.63) is 27.7 Å². The van der Waals surface area contributed by atoms with E-state index in [1.807, 2.05) is 0 Å². The Bertz CT molecular complexity index is 370. The van der Waals surface area contributed by atoms with Gasteiger partial charge in [-0.3, -0.25) is 0 Å². The topological polar surface area (TPSA) is 15.3 Å². The third-order valence-corrected chi connectivity index (χ3v) is 3.75. The lowest BCUT2D eigenvalue weighted by atomic mass is 10.0. The summed E-state index contributed by atoms with van der Waals surface area (Å²) in [4.78, 5) is 2.48. The van der Waals surface area contributed by atoms with E-state index in [1.165, 1.54) is 21.3 Å². The number of rotatable bonds is 2. The van der Waals surface area contributed by atoms with Crippen molar-refractivity contribution in [1.82, 2.24) is 5.32 Å². The van der Waals surface area contributed by atoms with Crippen molar-refractivity contribution >= 4 is 21.6 Å². The van der Waals surface area contributed by atoms with Crippen LogP contribution in [0.5, 0.6) is 0 Å². The van der Waals surface area contributed by atoms with Crippen LogP contribution in [0, 0.1) is 6.92 Å². The average Bonchev–Trinajstić information content (AvgIpc) is 2.33. The molecule has 1 aromatic carbocycles. The first-order valence-corrected chi connectivity index (χ1v) is 6.76. The van der Waals surface area contributed by atoms with Crippen molar-refractivity contribution < 1.29 is 0 Å². The van der Waals surface area contributed by atoms with Gasteiger partial charge in [-0.2, -0.15) is 0 Å². The van der Waals surface area contributed by atoms with Gasteiger partial charge in [-0.05, 0) is 36.6 Å². The summed E-state index contributed by atoms with van der Waals surface area (Å²) in [5, 5.41) is 3.39. The van der Waals surface area contributed by atoms with E-state index in [4.69, 9.17) is 0 Å². The Morgan fingerprint density at radius 3 is 2.62 bits per heavy atom. The summed E-state index contributed by atoms with van der Waals surface area (Å²) in [5.41, 5.74) is 4.28. The third kappa shape index (κ3) is 2.41. The molecule has 0 aliphatic carbocycles. The van der Waals surface area contributed by atoms with Crippen molar-refractivity contribution in [3.63, 3.8) is 0 Å². The summed E-state index contributed by atoms with van der Waals surface area (Å²) in [6, 6.07) is 4.49. The highest BCUT2D eigenvalue weighted by molar-refractivity contribution is 9.10. The van der Waals surface area contributed by atoms with E-state index in [2.05, 4.69) is 52.1 Å². The normalized spacial score (nSPS) is 16.6. The van der Waals surface area contributed by atoms with Gasteiger partial charge in [0.05, 0.1) is 0 Å². The van der Waals surface area contributed by atoms with Crippen molar-refractivity contribution in [3.8, 4) is 0 Å². The van der Waals surface area contributed by atoms with Crippen LogP contribution in [0.25, 0.3) is 0 Å². The van der Waals surface area contributed by atoms with Gasteiger partial charge in [0.25, 0.3) is 0 Å². The molecule has 88 valence electrons. The summed E-state index contributed by atoms with van der Waals surface area (Å²) in [7, 11) is 0. The molecule has 2 rings (SSSR count). The maximum Gasteiger partial charge on any atom is 0.0410 e. The highest BCUT2D eigenvalue weighted by Crippen LogP contribution is 2.28. The zero-order chi connectivity index (χ0) is 11.5. The van der Waals surface area contributed by atoms with Crippen LogP contribution in [0.1, 0.15) is 18.1 Å². The number of benzene rings is 1. The summed E-state index contributed by atoms with van der Waals surface area (Å²) >= 11 is 3.61. The summed E-state index contributed by atoms with van der Waals surface area (Å²) < 4.78 is 1.20. The molecule has 1 N–H and O–H groups in total. The molecular formula is C13H19BrN2. The lowest BCUT2D eigenvalue weighted by molar-refractivity contribution is 0.588. The highest BCUT2D eigenvalue weighted by atomic mass is 79.9. The Morgan fingerprint density at radius 2 is 2.00 bits per heavy atom. The SMILES string of the molecule is CCc1cc(Br)cc(N2CCNCC2)c1C. The van der Waals surface area contributed by atoms with Gasteiger partial charge >= 0.3 is 0 Å². The first-order chi connectivity index (χ1) is 7.72. The first-order valence-electron chi connectivity index (χ1n) is 5.97. The van der Waals surface area contributed by atoms with Crippen LogP contribution in [0.3, 0.4) is 0 Å². The summed E-state index contributed by atoms with van der Waals surface area (Å²) in [6.45, 7) is 8.86. The van der Waals surface area contributed by atoms with Crippen molar-refractivity contribution in [2.75, 3.05) is 31.1 Å². The fourth-order valence-corrected chi connectivity index (χ4v) is 2.81. The summed E-state index contributed by atoms with van der Waals surface area (Å²) in [5.74, 6) is 0. The van der Waals surface area contributed by atoms with Crippen molar-refractivity contribution in [2.45, 2.75) is 20.3 Å². The minimum absolute atomic E-state index is 1.09. The predicted octanol–water partition coefficient (Wildman–Crippen LogP) is 2.73. The van der Waals surface area contributed by atoms with Gasteiger partial charge in [0.2, 0.25) is 0 Å². The zero-order valence-corrected chi connectivity index (χ0v) is 11.6. The fourth-order valence-electron chi connectivity index (χ4n) is 2.32. The highest BCUT2D eigenvalue weighted by Gasteiger charge is 2.14. The molecule has 1 aromatic rings. The predicted molar refractivity (Wildman–Crippen MR) is 73.3 cm³/mol. The van der Waals surface area contributed by atoms with Crippen LogP contribution in [0.2, 0.25) is 0 Å². The monoisotopic (exact) mass is 282 g/mol. The number of halogens is 1. The van der Waals surface area contributed by atoms with Crippen LogP contribution >= 0.6 is 15.9 Å². The van der Waals surface area contributed by atoms with E-state index in [9.17, 15) is 0 Å². The molecule has 1 saturated heterocycles. The second-order valence-electron chi connectivity index (χ2n) is 4.30. The molecule has 1 aliphatic heterocycles. The third-order valence-electron chi connectivity index (χ3n) is 3.29. The smallest absolute Gasteiger partial charge is 0.0410 e. The van der Waals surface area contributed by atoms with E-state index < -0.39 is 0 Å². The molecule has 0 radical (unpaired) electrons. The van der Waals surface area contributed by atoms with Crippen LogP contribution in [0.4, 0.5) is 5.69 Å². The number of aryl methyl sites for hydroxylation is 1. The second kappa shape index (κ2) is 5.19. The van der Waals surface area contributed by atoms with Gasteiger partial charge < -0.3 is 10.2 Å². The van der Waals surface area contributed by atoms with E-state index in [0.717, 1.165) is 32.6 Å². The lowest BCUT2D eigenvalue weighted by Crippen LogP contribution is -2.43. The van der Waals surface area contributed by atoms with Crippen LogP contribution in [-0.4, -0.2) is 26.2 Å². The zero-order valence-electron chi connectivity index (χ0n) is 10.0. The molecule has 0 atom stereocenters. The molecule has 1 heterocycles. The quantitative estimate of drug-likeness (QED) is 0.897. The largest absolute Gasteiger partial charge is 0.369 e. The van der Waals surface area contributed by atoms with Gasteiger partial charge in [-0.15, -0.1) is 0 Å². The minimum atomic E-state index is 1.09. The van der Waals surface area contributed by atoms with E-state index >= 15 is 0 Å². The molecular weight excluding hydrogens is 264 g/mol. The van der Waals surface area contributed by atoms with Gasteiger partial charge in [0.15, 0.2) is 0 Å². The van der Waals surface area contributed by atoms with E-state index in [1.54, 1.807) is 0 Å². The van der Waals surface area contributed by atoms with Gasteiger partial charge in [0, 0.05) is 36.3 Å². The Hall–Kier alpha value is -0.540. The molecule has 0 spiro atoms. The second-order valence-corrected chi connectivity index (χ2v) is 5.22. The Balaban J connectivity index is 2.34. The first kappa shape index (κ1) is 11.9. The number of nitrogens with one attached hydrogen (secondary N) is 1. The standard InChI is InChI=1S/C13H19BrN2/c1-3-11-8-12(14)9-13(10(11)2)16-6-4-15-5-7-16/h8-9,15H,3-7H2,1-2H3. The molecule has 0 bridgehead atoms. The molecule has 2 nitrogen and oxygen atoms in total. The summed E-state index contributed by atoms with van der Waals surface area (Å²) in [6.07, 6.45) is 1.10. The Kier molecular flexibility index (Phi) is 3.87.